The van der Waals surface area contributed by atoms with Gasteiger partial charge in [-0.1, -0.05) is 48.3 Å². The Balaban J connectivity index is 1.80. The first-order valence-corrected chi connectivity index (χ1v) is 7.49. The molecule has 1 heterocycles. The molecule has 2 rings (SSSR count). The van der Waals surface area contributed by atoms with Gasteiger partial charge < -0.3 is 15.2 Å². The number of amides is 2. The first kappa shape index (κ1) is 16.6. The second-order valence-corrected chi connectivity index (χ2v) is 5.82. The lowest BCUT2D eigenvalue weighted by Gasteiger charge is -2.07. The average Bonchev–Trinajstić information content (AvgIpc) is 2.93. The van der Waals surface area contributed by atoms with Gasteiger partial charge in [0.2, 0.25) is 5.89 Å². The summed E-state index contributed by atoms with van der Waals surface area (Å²) >= 11 is 11.8. The maximum Gasteiger partial charge on any atom is 0.315 e. The van der Waals surface area contributed by atoms with Crippen molar-refractivity contribution in [2.75, 3.05) is 0 Å². The van der Waals surface area contributed by atoms with Crippen LogP contribution in [0.25, 0.3) is 0 Å². The summed E-state index contributed by atoms with van der Waals surface area (Å²) in [7, 11) is 0. The number of hydrogen-bond donors (Lipinski definition) is 2. The van der Waals surface area contributed by atoms with E-state index in [4.69, 9.17) is 27.7 Å². The van der Waals surface area contributed by atoms with Gasteiger partial charge in [-0.25, -0.2) is 4.79 Å². The van der Waals surface area contributed by atoms with E-state index < -0.39 is 0 Å². The molecule has 0 bridgehead atoms. The highest BCUT2D eigenvalue weighted by atomic mass is 35.5. The molecule has 118 valence electrons. The van der Waals surface area contributed by atoms with Crippen LogP contribution in [0.1, 0.15) is 37.0 Å². The fourth-order valence-electron chi connectivity index (χ4n) is 1.64. The quantitative estimate of drug-likeness (QED) is 0.871. The number of nitrogens with zero attached hydrogens (tertiary/aromatic N) is 2. The van der Waals surface area contributed by atoms with Crippen molar-refractivity contribution in [3.8, 4) is 0 Å². The van der Waals surface area contributed by atoms with E-state index >= 15 is 0 Å². The summed E-state index contributed by atoms with van der Waals surface area (Å²) in [5.41, 5.74) is 0.780. The molecule has 8 heteroatoms. The molecule has 0 saturated heterocycles. The Bertz CT molecular complexity index is 658. The Morgan fingerprint density at radius 1 is 1.27 bits per heavy atom. The summed E-state index contributed by atoms with van der Waals surface area (Å²) in [6.45, 7) is 4.39. The van der Waals surface area contributed by atoms with Gasteiger partial charge in [-0.15, -0.1) is 0 Å². The van der Waals surface area contributed by atoms with E-state index in [9.17, 15) is 4.79 Å². The van der Waals surface area contributed by atoms with Gasteiger partial charge in [-0.2, -0.15) is 4.98 Å². The molecule has 0 aliphatic carbocycles. The van der Waals surface area contributed by atoms with Crippen LogP contribution < -0.4 is 10.6 Å². The van der Waals surface area contributed by atoms with E-state index in [0.29, 0.717) is 28.3 Å². The highest BCUT2D eigenvalue weighted by Gasteiger charge is 2.10. The molecular formula is C14H16Cl2N4O2. The first-order valence-electron chi connectivity index (χ1n) is 6.74. The van der Waals surface area contributed by atoms with E-state index in [-0.39, 0.29) is 18.5 Å². The summed E-state index contributed by atoms with van der Waals surface area (Å²) in [5.74, 6) is 1.13. The molecule has 0 radical (unpaired) electrons. The monoisotopic (exact) mass is 342 g/mol. The predicted octanol–water partition coefficient (Wildman–Crippen LogP) is 3.50. The van der Waals surface area contributed by atoms with Crippen molar-refractivity contribution in [1.82, 2.24) is 20.8 Å². The second kappa shape index (κ2) is 7.47. The standard InChI is InChI=1S/C14H16Cl2N4O2/c1-8(2)13-19-12(20-22-13)7-18-14(21)17-6-9-3-4-10(15)5-11(9)16/h3-5,8H,6-7H2,1-2H3,(H2,17,18,21). The number of benzene rings is 1. The lowest BCUT2D eigenvalue weighted by Crippen LogP contribution is -2.34. The minimum atomic E-state index is -0.345. The zero-order chi connectivity index (χ0) is 16.1. The molecule has 0 aliphatic heterocycles. The molecule has 1 aromatic carbocycles. The van der Waals surface area contributed by atoms with E-state index in [1.807, 2.05) is 13.8 Å². The molecule has 0 spiro atoms. The van der Waals surface area contributed by atoms with Crippen molar-refractivity contribution in [3.63, 3.8) is 0 Å². The average molecular weight is 343 g/mol. The number of rotatable bonds is 5. The van der Waals surface area contributed by atoms with Crippen LogP contribution in [0.3, 0.4) is 0 Å². The van der Waals surface area contributed by atoms with Crippen LogP contribution >= 0.6 is 23.2 Å². The van der Waals surface area contributed by atoms with Crippen molar-refractivity contribution >= 4 is 29.2 Å². The molecule has 6 nitrogen and oxygen atoms in total. The number of halogens is 2. The summed E-state index contributed by atoms with van der Waals surface area (Å²) < 4.78 is 5.05. The summed E-state index contributed by atoms with van der Waals surface area (Å²) in [4.78, 5) is 15.9. The smallest absolute Gasteiger partial charge is 0.315 e. The normalized spacial score (nSPS) is 10.8. The maximum atomic E-state index is 11.7. The molecule has 0 fully saturated rings. The van der Waals surface area contributed by atoms with Crippen LogP contribution in [0.15, 0.2) is 22.7 Å². The molecule has 0 unspecified atom stereocenters. The number of urea groups is 1. The van der Waals surface area contributed by atoms with Crippen molar-refractivity contribution in [1.29, 1.82) is 0 Å². The summed E-state index contributed by atoms with van der Waals surface area (Å²) in [5, 5.41) is 10.2. The number of aromatic nitrogens is 2. The predicted molar refractivity (Wildman–Crippen MR) is 83.9 cm³/mol. The number of carbonyl (C=O) groups is 1. The molecule has 22 heavy (non-hydrogen) atoms. The molecule has 2 aromatic rings. The SMILES string of the molecule is CC(C)c1nc(CNC(=O)NCc2ccc(Cl)cc2Cl)no1. The third-order valence-corrected chi connectivity index (χ3v) is 3.43. The van der Waals surface area contributed by atoms with Gasteiger partial charge >= 0.3 is 6.03 Å². The van der Waals surface area contributed by atoms with E-state index in [0.717, 1.165) is 5.56 Å². The minimum Gasteiger partial charge on any atom is -0.339 e. The summed E-state index contributed by atoms with van der Waals surface area (Å²) in [6, 6.07) is 4.76. The van der Waals surface area contributed by atoms with Gasteiger partial charge in [0.25, 0.3) is 0 Å². The largest absolute Gasteiger partial charge is 0.339 e. The van der Waals surface area contributed by atoms with E-state index in [2.05, 4.69) is 20.8 Å². The number of hydrogen-bond acceptors (Lipinski definition) is 4. The van der Waals surface area contributed by atoms with Gasteiger partial charge in [-0.05, 0) is 17.7 Å². The molecule has 2 N–H and O–H groups in total. The van der Waals surface area contributed by atoms with Crippen LogP contribution in [0, 0.1) is 0 Å². The Morgan fingerprint density at radius 2 is 2.00 bits per heavy atom. The van der Waals surface area contributed by atoms with Crippen molar-refractivity contribution in [3.05, 3.63) is 45.5 Å². The molecule has 2 amide bonds. The fourth-order valence-corrected chi connectivity index (χ4v) is 2.11. The fraction of sp³-hybridized carbons (Fsp3) is 0.357. The molecule has 0 atom stereocenters. The molecule has 1 aromatic heterocycles. The van der Waals surface area contributed by atoms with Crippen LogP contribution in [-0.4, -0.2) is 16.2 Å². The first-order chi connectivity index (χ1) is 10.5. The topological polar surface area (TPSA) is 80.0 Å². The number of carbonyl (C=O) groups excluding carboxylic acids is 1. The summed E-state index contributed by atoms with van der Waals surface area (Å²) in [6.07, 6.45) is 0. The Morgan fingerprint density at radius 3 is 2.64 bits per heavy atom. The maximum absolute atomic E-state index is 11.7. The van der Waals surface area contributed by atoms with Crippen molar-refractivity contribution in [2.45, 2.75) is 32.9 Å². The van der Waals surface area contributed by atoms with Crippen molar-refractivity contribution < 1.29 is 9.32 Å². The Hall–Kier alpha value is -1.79. The van der Waals surface area contributed by atoms with Crippen LogP contribution in [0.2, 0.25) is 10.0 Å². The van der Waals surface area contributed by atoms with Gasteiger partial charge in [0.15, 0.2) is 5.82 Å². The van der Waals surface area contributed by atoms with Crippen LogP contribution in [0.5, 0.6) is 0 Å². The molecule has 0 aliphatic rings. The van der Waals surface area contributed by atoms with Crippen LogP contribution in [0.4, 0.5) is 4.79 Å². The lowest BCUT2D eigenvalue weighted by atomic mass is 10.2. The lowest BCUT2D eigenvalue weighted by molar-refractivity contribution is 0.239. The van der Waals surface area contributed by atoms with Gasteiger partial charge in [0.05, 0.1) is 6.54 Å². The van der Waals surface area contributed by atoms with Gasteiger partial charge in [0.1, 0.15) is 0 Å². The van der Waals surface area contributed by atoms with Crippen molar-refractivity contribution in [2.24, 2.45) is 0 Å². The minimum absolute atomic E-state index is 0.155. The van der Waals surface area contributed by atoms with Crippen LogP contribution in [-0.2, 0) is 13.1 Å². The van der Waals surface area contributed by atoms with E-state index in [1.165, 1.54) is 0 Å². The molecule has 0 saturated carbocycles. The zero-order valence-corrected chi connectivity index (χ0v) is 13.7. The third kappa shape index (κ3) is 4.61. The van der Waals surface area contributed by atoms with Gasteiger partial charge in [0, 0.05) is 22.5 Å². The Labute approximate surface area is 138 Å². The third-order valence-electron chi connectivity index (χ3n) is 2.84. The molecular weight excluding hydrogens is 327 g/mol. The highest BCUT2D eigenvalue weighted by molar-refractivity contribution is 6.35. The zero-order valence-electron chi connectivity index (χ0n) is 12.2. The van der Waals surface area contributed by atoms with Gasteiger partial charge in [-0.3, -0.25) is 0 Å². The van der Waals surface area contributed by atoms with E-state index in [1.54, 1.807) is 18.2 Å². The number of nitrogens with one attached hydrogen (secondary N) is 2. The Kier molecular flexibility index (Phi) is 5.63. The highest BCUT2D eigenvalue weighted by Crippen LogP contribution is 2.20. The second-order valence-electron chi connectivity index (χ2n) is 4.98.